The maximum atomic E-state index is 12.3. The Morgan fingerprint density at radius 3 is 2.36 bits per heavy atom. The molecular formula is C15H22N2O3S2. The number of thioether (sulfide) groups is 1. The van der Waals surface area contributed by atoms with E-state index < -0.39 is 10.0 Å². The summed E-state index contributed by atoms with van der Waals surface area (Å²) in [5.41, 5.74) is 0.788. The number of rotatable bonds is 5. The number of benzene rings is 1. The van der Waals surface area contributed by atoms with E-state index in [0.29, 0.717) is 25.9 Å². The molecule has 1 amide bonds. The molecule has 1 saturated heterocycles. The van der Waals surface area contributed by atoms with Crippen LogP contribution in [0.25, 0.3) is 0 Å². The van der Waals surface area contributed by atoms with Crippen molar-refractivity contribution in [2.45, 2.75) is 24.7 Å². The summed E-state index contributed by atoms with van der Waals surface area (Å²) in [5.74, 6) is 0.872. The van der Waals surface area contributed by atoms with Crippen LogP contribution < -0.4 is 5.32 Å². The van der Waals surface area contributed by atoms with Gasteiger partial charge < -0.3 is 5.32 Å². The topological polar surface area (TPSA) is 66.5 Å². The summed E-state index contributed by atoms with van der Waals surface area (Å²) in [5, 5.41) is 2.92. The second kappa shape index (κ2) is 7.48. The number of hydrogen-bond donors (Lipinski definition) is 1. The van der Waals surface area contributed by atoms with Gasteiger partial charge in [0.2, 0.25) is 15.9 Å². The Balaban J connectivity index is 1.88. The van der Waals surface area contributed by atoms with Crippen LogP contribution in [0.1, 0.15) is 19.8 Å². The van der Waals surface area contributed by atoms with E-state index in [1.54, 1.807) is 11.8 Å². The quantitative estimate of drug-likeness (QED) is 0.835. The fourth-order valence-corrected chi connectivity index (χ4v) is 4.03. The van der Waals surface area contributed by atoms with Crippen molar-refractivity contribution in [1.29, 1.82) is 0 Å². The van der Waals surface area contributed by atoms with Crippen LogP contribution in [-0.4, -0.2) is 43.7 Å². The van der Waals surface area contributed by atoms with Crippen molar-refractivity contribution in [1.82, 2.24) is 4.31 Å². The molecule has 1 aliphatic heterocycles. The zero-order valence-corrected chi connectivity index (χ0v) is 14.5. The lowest BCUT2D eigenvalue weighted by atomic mass is 9.97. The molecule has 0 unspecified atom stereocenters. The third-order valence-electron chi connectivity index (χ3n) is 3.73. The van der Waals surface area contributed by atoms with Crippen molar-refractivity contribution < 1.29 is 13.2 Å². The van der Waals surface area contributed by atoms with E-state index in [2.05, 4.69) is 12.2 Å². The summed E-state index contributed by atoms with van der Waals surface area (Å²) in [7, 11) is -3.14. The lowest BCUT2D eigenvalue weighted by molar-refractivity contribution is -0.120. The predicted octanol–water partition coefficient (Wildman–Crippen LogP) is 2.41. The van der Waals surface area contributed by atoms with Crippen molar-refractivity contribution in [3.05, 3.63) is 24.3 Å². The summed E-state index contributed by atoms with van der Waals surface area (Å²) in [6, 6.07) is 7.80. The van der Waals surface area contributed by atoms with Gasteiger partial charge in [-0.05, 0) is 42.9 Å². The van der Waals surface area contributed by atoms with Gasteiger partial charge in [0.25, 0.3) is 0 Å². The van der Waals surface area contributed by atoms with Crippen LogP contribution in [0.2, 0.25) is 0 Å². The van der Waals surface area contributed by atoms with Crippen molar-refractivity contribution in [2.75, 3.05) is 30.4 Å². The Bertz CT molecular complexity index is 606. The SMILES string of the molecule is CCSc1ccc(NC(=O)C2CCN(S(C)(=O)=O)CC2)cc1. The van der Waals surface area contributed by atoms with Crippen LogP contribution in [0, 0.1) is 5.92 Å². The molecular weight excluding hydrogens is 320 g/mol. The minimum atomic E-state index is -3.14. The molecule has 7 heteroatoms. The first-order chi connectivity index (χ1) is 10.4. The Kier molecular flexibility index (Phi) is 5.88. The fraction of sp³-hybridized carbons (Fsp3) is 0.533. The molecule has 0 spiro atoms. The van der Waals surface area contributed by atoms with E-state index in [0.717, 1.165) is 11.4 Å². The lowest BCUT2D eigenvalue weighted by Crippen LogP contribution is -2.40. The maximum Gasteiger partial charge on any atom is 0.227 e. The number of sulfonamides is 1. The molecule has 1 aliphatic rings. The number of anilines is 1. The molecule has 122 valence electrons. The molecule has 0 aromatic heterocycles. The number of amides is 1. The highest BCUT2D eigenvalue weighted by Crippen LogP contribution is 2.23. The van der Waals surface area contributed by atoms with Crippen LogP contribution in [0.3, 0.4) is 0 Å². The van der Waals surface area contributed by atoms with Crippen molar-refractivity contribution in [3.8, 4) is 0 Å². The number of nitrogens with zero attached hydrogens (tertiary/aromatic N) is 1. The third-order valence-corrected chi connectivity index (χ3v) is 5.92. The average molecular weight is 342 g/mol. The number of carbonyl (C=O) groups is 1. The van der Waals surface area contributed by atoms with Gasteiger partial charge in [0.15, 0.2) is 0 Å². The summed E-state index contributed by atoms with van der Waals surface area (Å²) in [6.07, 6.45) is 2.36. The molecule has 1 aromatic rings. The van der Waals surface area contributed by atoms with Crippen molar-refractivity contribution >= 4 is 33.4 Å². The molecule has 1 heterocycles. The van der Waals surface area contributed by atoms with Gasteiger partial charge >= 0.3 is 0 Å². The first-order valence-electron chi connectivity index (χ1n) is 7.39. The number of hydrogen-bond acceptors (Lipinski definition) is 4. The van der Waals surface area contributed by atoms with E-state index in [9.17, 15) is 13.2 Å². The predicted molar refractivity (Wildman–Crippen MR) is 90.6 cm³/mol. The molecule has 0 radical (unpaired) electrons. The minimum Gasteiger partial charge on any atom is -0.326 e. The van der Waals surface area contributed by atoms with E-state index in [4.69, 9.17) is 0 Å². The first-order valence-corrected chi connectivity index (χ1v) is 10.2. The van der Waals surface area contributed by atoms with E-state index in [-0.39, 0.29) is 11.8 Å². The van der Waals surface area contributed by atoms with E-state index in [1.165, 1.54) is 15.5 Å². The van der Waals surface area contributed by atoms with Crippen LogP contribution >= 0.6 is 11.8 Å². The van der Waals surface area contributed by atoms with Crippen LogP contribution in [0.15, 0.2) is 29.2 Å². The highest BCUT2D eigenvalue weighted by Gasteiger charge is 2.28. The molecule has 5 nitrogen and oxygen atoms in total. The molecule has 2 rings (SSSR count). The van der Waals surface area contributed by atoms with Crippen LogP contribution in [-0.2, 0) is 14.8 Å². The summed E-state index contributed by atoms with van der Waals surface area (Å²) in [6.45, 7) is 2.94. The van der Waals surface area contributed by atoms with Crippen molar-refractivity contribution in [3.63, 3.8) is 0 Å². The van der Waals surface area contributed by atoms with Gasteiger partial charge in [0.05, 0.1) is 6.26 Å². The largest absolute Gasteiger partial charge is 0.326 e. The zero-order chi connectivity index (χ0) is 16.2. The molecule has 0 atom stereocenters. The molecule has 22 heavy (non-hydrogen) atoms. The highest BCUT2D eigenvalue weighted by atomic mass is 32.2. The van der Waals surface area contributed by atoms with Gasteiger partial charge in [-0.2, -0.15) is 0 Å². The summed E-state index contributed by atoms with van der Waals surface area (Å²) in [4.78, 5) is 13.4. The molecule has 0 bridgehead atoms. The third kappa shape index (κ3) is 4.72. The summed E-state index contributed by atoms with van der Waals surface area (Å²) >= 11 is 1.76. The van der Waals surface area contributed by atoms with Gasteiger partial charge in [-0.3, -0.25) is 4.79 Å². The zero-order valence-electron chi connectivity index (χ0n) is 12.9. The maximum absolute atomic E-state index is 12.3. The molecule has 1 aromatic carbocycles. The lowest BCUT2D eigenvalue weighted by Gasteiger charge is -2.29. The number of carbonyl (C=O) groups excluding carboxylic acids is 1. The standard InChI is InChI=1S/C15H22N2O3S2/c1-3-21-14-6-4-13(5-7-14)16-15(18)12-8-10-17(11-9-12)22(2,19)20/h4-7,12H,3,8-11H2,1-2H3,(H,16,18). The summed E-state index contributed by atoms with van der Waals surface area (Å²) < 4.78 is 24.4. The van der Waals surface area contributed by atoms with Gasteiger partial charge in [-0.25, -0.2) is 12.7 Å². The van der Waals surface area contributed by atoms with Gasteiger partial charge in [0, 0.05) is 29.6 Å². The van der Waals surface area contributed by atoms with Crippen LogP contribution in [0.4, 0.5) is 5.69 Å². The second-order valence-corrected chi connectivity index (χ2v) is 8.70. The van der Waals surface area contributed by atoms with Gasteiger partial charge in [0.1, 0.15) is 0 Å². The monoisotopic (exact) mass is 342 g/mol. The Hall–Kier alpha value is -1.05. The second-order valence-electron chi connectivity index (χ2n) is 5.38. The smallest absolute Gasteiger partial charge is 0.227 e. The molecule has 1 N–H and O–H groups in total. The van der Waals surface area contributed by atoms with Crippen LogP contribution in [0.5, 0.6) is 0 Å². The van der Waals surface area contributed by atoms with Gasteiger partial charge in [-0.15, -0.1) is 11.8 Å². The first kappa shape index (κ1) is 17.3. The van der Waals surface area contributed by atoms with E-state index in [1.807, 2.05) is 24.3 Å². The van der Waals surface area contributed by atoms with Gasteiger partial charge in [-0.1, -0.05) is 6.92 Å². The number of nitrogens with one attached hydrogen (secondary N) is 1. The fourth-order valence-electron chi connectivity index (χ4n) is 2.50. The minimum absolute atomic E-state index is 0.0240. The van der Waals surface area contributed by atoms with E-state index >= 15 is 0 Å². The average Bonchev–Trinajstić information content (AvgIpc) is 2.49. The van der Waals surface area contributed by atoms with Crippen molar-refractivity contribution in [2.24, 2.45) is 5.92 Å². The molecule has 0 aliphatic carbocycles. The Morgan fingerprint density at radius 2 is 1.86 bits per heavy atom. The number of piperidine rings is 1. The molecule has 0 saturated carbocycles. The Labute approximate surface area is 136 Å². The Morgan fingerprint density at radius 1 is 1.27 bits per heavy atom. The highest BCUT2D eigenvalue weighted by molar-refractivity contribution is 7.99. The molecule has 1 fully saturated rings. The normalized spacial score (nSPS) is 17.4.